The maximum atomic E-state index is 13.3. The maximum Gasteiger partial charge on any atom is 0.416 e. The lowest BCUT2D eigenvalue weighted by Gasteiger charge is -2.42. The average Bonchev–Trinajstić information content (AvgIpc) is 3.22. The SMILES string of the molecule is COCc1n[nH]c(=O)n1[C@@H]1CC[C@@](CO[C@H](C)c2cc(C)cc(C(F)(F)F)c2)(c2ccccc2)NC1. The van der Waals surface area contributed by atoms with Crippen LogP contribution in [0.3, 0.4) is 0 Å². The number of hydrogen-bond donors (Lipinski definition) is 2. The Kier molecular flexibility index (Phi) is 7.67. The average molecular weight is 505 g/mol. The van der Waals surface area contributed by atoms with Crippen molar-refractivity contribution in [3.63, 3.8) is 0 Å². The number of rotatable bonds is 8. The fourth-order valence-corrected chi connectivity index (χ4v) is 4.87. The van der Waals surface area contributed by atoms with Crippen LogP contribution in [0.25, 0.3) is 0 Å². The summed E-state index contributed by atoms with van der Waals surface area (Å²) in [7, 11) is 1.55. The summed E-state index contributed by atoms with van der Waals surface area (Å²) in [5.74, 6) is 0.534. The second-order valence-corrected chi connectivity index (χ2v) is 9.35. The van der Waals surface area contributed by atoms with E-state index in [0.29, 0.717) is 36.3 Å². The first kappa shape index (κ1) is 26.1. The summed E-state index contributed by atoms with van der Waals surface area (Å²) < 4.78 is 53.0. The van der Waals surface area contributed by atoms with Crippen LogP contribution in [-0.2, 0) is 27.8 Å². The third-order valence-electron chi connectivity index (χ3n) is 6.80. The van der Waals surface area contributed by atoms with Crippen LogP contribution in [-0.4, -0.2) is 35.0 Å². The van der Waals surface area contributed by atoms with Crippen LogP contribution in [0.15, 0.2) is 53.3 Å². The Morgan fingerprint density at radius 2 is 1.97 bits per heavy atom. The molecule has 1 aliphatic heterocycles. The van der Waals surface area contributed by atoms with Gasteiger partial charge in [-0.25, -0.2) is 9.89 Å². The highest BCUT2D eigenvalue weighted by Gasteiger charge is 2.39. The largest absolute Gasteiger partial charge is 0.416 e. The minimum absolute atomic E-state index is 0.123. The first-order chi connectivity index (χ1) is 17.1. The second kappa shape index (κ2) is 10.6. The molecule has 0 bridgehead atoms. The Bertz CT molecular complexity index is 1220. The molecule has 0 radical (unpaired) electrons. The molecule has 0 amide bonds. The Hall–Kier alpha value is -2.95. The number of halogens is 3. The molecule has 194 valence electrons. The highest BCUT2D eigenvalue weighted by atomic mass is 19.4. The number of H-pyrrole nitrogens is 1. The first-order valence-corrected chi connectivity index (χ1v) is 11.9. The number of aryl methyl sites for hydroxylation is 1. The molecule has 1 aromatic heterocycles. The van der Waals surface area contributed by atoms with Gasteiger partial charge in [0.15, 0.2) is 5.82 Å². The summed E-state index contributed by atoms with van der Waals surface area (Å²) in [4.78, 5) is 12.4. The molecule has 1 saturated heterocycles. The molecule has 0 unspecified atom stereocenters. The van der Waals surface area contributed by atoms with Gasteiger partial charge in [0.05, 0.1) is 29.9 Å². The maximum absolute atomic E-state index is 13.3. The quantitative estimate of drug-likeness (QED) is 0.467. The Morgan fingerprint density at radius 1 is 1.22 bits per heavy atom. The Balaban J connectivity index is 1.54. The topological polar surface area (TPSA) is 81.2 Å². The lowest BCUT2D eigenvalue weighted by atomic mass is 9.81. The smallest absolute Gasteiger partial charge is 0.377 e. The van der Waals surface area contributed by atoms with Gasteiger partial charge in [0.1, 0.15) is 6.61 Å². The van der Waals surface area contributed by atoms with Crippen molar-refractivity contribution < 1.29 is 22.6 Å². The van der Waals surface area contributed by atoms with Crippen LogP contribution in [0.1, 0.15) is 60.0 Å². The summed E-state index contributed by atoms with van der Waals surface area (Å²) in [6.07, 6.45) is -3.63. The molecule has 2 N–H and O–H groups in total. The van der Waals surface area contributed by atoms with Gasteiger partial charge in [0, 0.05) is 13.7 Å². The van der Waals surface area contributed by atoms with Crippen LogP contribution in [0, 0.1) is 6.92 Å². The number of hydrogen-bond acceptors (Lipinski definition) is 5. The zero-order chi connectivity index (χ0) is 25.9. The molecule has 2 aromatic carbocycles. The van der Waals surface area contributed by atoms with Crippen molar-refractivity contribution in [3.8, 4) is 0 Å². The van der Waals surface area contributed by atoms with Crippen LogP contribution in [0.4, 0.5) is 13.2 Å². The van der Waals surface area contributed by atoms with Gasteiger partial charge in [-0.2, -0.15) is 18.3 Å². The summed E-state index contributed by atoms with van der Waals surface area (Å²) in [6, 6.07) is 13.7. The molecular weight excluding hydrogens is 473 g/mol. The lowest BCUT2D eigenvalue weighted by Crippen LogP contribution is -2.53. The van der Waals surface area contributed by atoms with Gasteiger partial charge in [-0.15, -0.1) is 0 Å². The highest BCUT2D eigenvalue weighted by Crippen LogP contribution is 2.37. The fraction of sp³-hybridized carbons (Fsp3) is 0.462. The number of aromatic amines is 1. The first-order valence-electron chi connectivity index (χ1n) is 11.9. The van der Waals surface area contributed by atoms with Crippen LogP contribution in [0.2, 0.25) is 0 Å². The van der Waals surface area contributed by atoms with Crippen molar-refractivity contribution in [2.24, 2.45) is 0 Å². The van der Waals surface area contributed by atoms with Gasteiger partial charge < -0.3 is 14.8 Å². The Labute approximate surface area is 207 Å². The van der Waals surface area contributed by atoms with Crippen molar-refractivity contribution in [1.29, 1.82) is 0 Å². The van der Waals surface area contributed by atoms with Gasteiger partial charge in [-0.3, -0.25) is 4.57 Å². The van der Waals surface area contributed by atoms with Gasteiger partial charge in [-0.05, 0) is 49.9 Å². The van der Waals surface area contributed by atoms with E-state index in [9.17, 15) is 18.0 Å². The van der Waals surface area contributed by atoms with Crippen molar-refractivity contribution in [2.75, 3.05) is 20.3 Å². The minimum atomic E-state index is -4.42. The van der Waals surface area contributed by atoms with E-state index in [0.717, 1.165) is 17.7 Å². The van der Waals surface area contributed by atoms with E-state index in [-0.39, 0.29) is 24.9 Å². The van der Waals surface area contributed by atoms with Crippen LogP contribution < -0.4 is 11.0 Å². The summed E-state index contributed by atoms with van der Waals surface area (Å²) in [6.45, 7) is 4.38. The third kappa shape index (κ3) is 5.55. The van der Waals surface area contributed by atoms with E-state index >= 15 is 0 Å². The normalized spacial score (nSPS) is 21.4. The van der Waals surface area contributed by atoms with Gasteiger partial charge in [-0.1, -0.05) is 42.0 Å². The highest BCUT2D eigenvalue weighted by molar-refractivity contribution is 5.32. The van der Waals surface area contributed by atoms with E-state index < -0.39 is 23.4 Å². The molecule has 10 heteroatoms. The fourth-order valence-electron chi connectivity index (χ4n) is 4.87. The van der Waals surface area contributed by atoms with E-state index in [1.54, 1.807) is 31.6 Å². The number of benzene rings is 2. The number of piperidine rings is 1. The second-order valence-electron chi connectivity index (χ2n) is 9.35. The van der Waals surface area contributed by atoms with Crippen LogP contribution in [0.5, 0.6) is 0 Å². The van der Waals surface area contributed by atoms with Gasteiger partial charge in [0.2, 0.25) is 0 Å². The van der Waals surface area contributed by atoms with E-state index in [4.69, 9.17) is 9.47 Å². The molecule has 3 atom stereocenters. The third-order valence-corrected chi connectivity index (χ3v) is 6.80. The molecule has 0 aliphatic carbocycles. The molecule has 36 heavy (non-hydrogen) atoms. The zero-order valence-corrected chi connectivity index (χ0v) is 20.6. The minimum Gasteiger partial charge on any atom is -0.377 e. The number of ether oxygens (including phenoxy) is 2. The molecule has 1 aliphatic rings. The molecule has 3 aromatic rings. The molecule has 0 saturated carbocycles. The number of nitrogens with zero attached hydrogens (tertiary/aromatic N) is 2. The predicted molar refractivity (Wildman–Crippen MR) is 129 cm³/mol. The monoisotopic (exact) mass is 504 g/mol. The number of nitrogens with one attached hydrogen (secondary N) is 2. The van der Waals surface area contributed by atoms with Crippen LogP contribution >= 0.6 is 0 Å². The number of aromatic nitrogens is 3. The van der Waals surface area contributed by atoms with E-state index in [1.165, 1.54) is 0 Å². The Morgan fingerprint density at radius 3 is 2.61 bits per heavy atom. The summed E-state index contributed by atoms with van der Waals surface area (Å²) >= 11 is 0. The van der Waals surface area contributed by atoms with Crippen molar-refractivity contribution in [2.45, 2.75) is 57.2 Å². The van der Waals surface area contributed by atoms with E-state index in [1.807, 2.05) is 30.3 Å². The molecule has 1 fully saturated rings. The van der Waals surface area contributed by atoms with Crippen molar-refractivity contribution in [3.05, 3.63) is 87.1 Å². The number of alkyl halides is 3. The van der Waals surface area contributed by atoms with Crippen molar-refractivity contribution >= 4 is 0 Å². The summed E-state index contributed by atoms with van der Waals surface area (Å²) in [5.41, 5.74) is 0.509. The predicted octanol–water partition coefficient (Wildman–Crippen LogP) is 4.64. The van der Waals surface area contributed by atoms with Crippen molar-refractivity contribution in [1.82, 2.24) is 20.1 Å². The standard InChI is InChI=1S/C26H31F3N4O3/c1-17-11-19(13-21(12-17)26(27,28)29)18(2)36-16-25(20-7-5-4-6-8-20)10-9-22(14-30-25)33-23(15-35-3)31-32-24(33)34/h4-8,11-13,18,22,30H,9-10,14-16H2,1-3H3,(H,32,34)/t18-,22-,25-/m1/s1. The molecule has 7 nitrogen and oxygen atoms in total. The summed E-state index contributed by atoms with van der Waals surface area (Å²) in [5, 5.41) is 10.2. The number of methoxy groups -OCH3 is 1. The van der Waals surface area contributed by atoms with E-state index in [2.05, 4.69) is 15.5 Å². The molecule has 0 spiro atoms. The van der Waals surface area contributed by atoms with Gasteiger partial charge in [0.25, 0.3) is 0 Å². The molecule has 2 heterocycles. The molecule has 4 rings (SSSR count). The van der Waals surface area contributed by atoms with Gasteiger partial charge >= 0.3 is 11.9 Å². The zero-order valence-electron chi connectivity index (χ0n) is 20.6. The molecular formula is C26H31F3N4O3. The lowest BCUT2D eigenvalue weighted by molar-refractivity contribution is -0.137.